The van der Waals surface area contributed by atoms with Crippen molar-refractivity contribution in [2.45, 2.75) is 32.2 Å². The predicted molar refractivity (Wildman–Crippen MR) is 81.4 cm³/mol. The van der Waals surface area contributed by atoms with Crippen LogP contribution < -0.4 is 5.01 Å². The summed E-state index contributed by atoms with van der Waals surface area (Å²) >= 11 is 5.88. The first kappa shape index (κ1) is 14.1. The van der Waals surface area contributed by atoms with E-state index in [1.807, 2.05) is 4.90 Å². The number of fused-ring (bicyclic) bond motifs is 1. The molecule has 0 N–H and O–H groups in total. The molecule has 1 aromatic rings. The van der Waals surface area contributed by atoms with Gasteiger partial charge in [-0.2, -0.15) is 5.01 Å². The number of nitrogens with zero attached hydrogens (tertiary/aromatic N) is 3. The van der Waals surface area contributed by atoms with Crippen LogP contribution in [0.25, 0.3) is 0 Å². The highest BCUT2D eigenvalue weighted by Gasteiger charge is 2.40. The van der Waals surface area contributed by atoms with Gasteiger partial charge in [-0.15, -0.1) is 5.10 Å². The first-order valence-corrected chi connectivity index (χ1v) is 7.41. The zero-order chi connectivity index (χ0) is 15.0. The van der Waals surface area contributed by atoms with Crippen molar-refractivity contribution >= 4 is 34.8 Å². The number of benzene rings is 1. The SMILES string of the molecule is CC(=O)C1=NN(c2ccc(Cl)cc2)C(=O)C2CCCCN12. The molecule has 0 saturated carbocycles. The molecule has 0 radical (unpaired) electrons. The van der Waals surface area contributed by atoms with E-state index in [0.717, 1.165) is 19.3 Å². The Balaban J connectivity index is 2.03. The summed E-state index contributed by atoms with van der Waals surface area (Å²) in [6, 6.07) is 6.60. The molecule has 2 aliphatic rings. The van der Waals surface area contributed by atoms with Crippen LogP contribution in [0.4, 0.5) is 5.69 Å². The van der Waals surface area contributed by atoms with Crippen LogP contribution in [0.2, 0.25) is 5.02 Å². The van der Waals surface area contributed by atoms with Gasteiger partial charge >= 0.3 is 0 Å². The number of amidine groups is 1. The van der Waals surface area contributed by atoms with E-state index in [-0.39, 0.29) is 17.7 Å². The Labute approximate surface area is 128 Å². The fourth-order valence-electron chi connectivity index (χ4n) is 2.82. The third-order valence-corrected chi connectivity index (χ3v) is 4.10. The molecule has 2 aliphatic heterocycles. The summed E-state index contributed by atoms with van der Waals surface area (Å²) in [5.41, 5.74) is 0.633. The van der Waals surface area contributed by atoms with Crippen molar-refractivity contribution in [3.05, 3.63) is 29.3 Å². The second-order valence-electron chi connectivity index (χ2n) is 5.31. The lowest BCUT2D eigenvalue weighted by atomic mass is 9.99. The van der Waals surface area contributed by atoms with E-state index in [1.165, 1.54) is 11.9 Å². The van der Waals surface area contributed by atoms with Crippen molar-refractivity contribution < 1.29 is 9.59 Å². The Morgan fingerprint density at radius 3 is 2.67 bits per heavy atom. The summed E-state index contributed by atoms with van der Waals surface area (Å²) in [5.74, 6) is 0.171. The molecule has 1 unspecified atom stereocenters. The third-order valence-electron chi connectivity index (χ3n) is 3.85. The molecule has 110 valence electrons. The van der Waals surface area contributed by atoms with Gasteiger partial charge in [-0.1, -0.05) is 11.6 Å². The molecule has 0 bridgehead atoms. The second-order valence-corrected chi connectivity index (χ2v) is 5.75. The molecule has 1 aromatic carbocycles. The highest BCUT2D eigenvalue weighted by Crippen LogP contribution is 2.28. The minimum Gasteiger partial charge on any atom is -0.340 e. The van der Waals surface area contributed by atoms with Crippen molar-refractivity contribution in [3.8, 4) is 0 Å². The maximum atomic E-state index is 12.6. The number of Topliss-reactive ketones (excluding diaryl/α,β-unsaturated/α-hetero) is 1. The number of ketones is 1. The largest absolute Gasteiger partial charge is 0.340 e. The maximum Gasteiger partial charge on any atom is 0.270 e. The highest BCUT2D eigenvalue weighted by atomic mass is 35.5. The molecule has 1 saturated heterocycles. The van der Waals surface area contributed by atoms with E-state index in [0.29, 0.717) is 23.1 Å². The van der Waals surface area contributed by atoms with Gasteiger partial charge in [0.2, 0.25) is 0 Å². The van der Waals surface area contributed by atoms with E-state index >= 15 is 0 Å². The molecule has 1 fully saturated rings. The number of hydrogen-bond donors (Lipinski definition) is 0. The molecule has 2 heterocycles. The molecule has 0 aliphatic carbocycles. The molecule has 1 atom stereocenters. The van der Waals surface area contributed by atoms with Gasteiger partial charge < -0.3 is 4.90 Å². The average molecular weight is 306 g/mol. The minimum atomic E-state index is -0.286. The van der Waals surface area contributed by atoms with E-state index in [4.69, 9.17) is 11.6 Å². The van der Waals surface area contributed by atoms with E-state index in [9.17, 15) is 9.59 Å². The van der Waals surface area contributed by atoms with E-state index < -0.39 is 0 Å². The fourth-order valence-corrected chi connectivity index (χ4v) is 2.95. The summed E-state index contributed by atoms with van der Waals surface area (Å²) in [7, 11) is 0. The smallest absolute Gasteiger partial charge is 0.270 e. The number of halogens is 1. The lowest BCUT2D eigenvalue weighted by molar-refractivity contribution is -0.124. The number of amides is 1. The number of hydrogen-bond acceptors (Lipinski definition) is 4. The van der Waals surface area contributed by atoms with Gasteiger partial charge in [-0.3, -0.25) is 9.59 Å². The molecule has 0 aromatic heterocycles. The van der Waals surface area contributed by atoms with Gasteiger partial charge in [0.05, 0.1) is 5.69 Å². The zero-order valence-corrected chi connectivity index (χ0v) is 12.5. The van der Waals surface area contributed by atoms with Gasteiger partial charge in [0.25, 0.3) is 5.91 Å². The van der Waals surface area contributed by atoms with Crippen molar-refractivity contribution in [2.75, 3.05) is 11.6 Å². The van der Waals surface area contributed by atoms with Gasteiger partial charge in [-0.05, 0) is 43.5 Å². The van der Waals surface area contributed by atoms with Gasteiger partial charge in [0.1, 0.15) is 6.04 Å². The van der Waals surface area contributed by atoms with Crippen LogP contribution in [-0.4, -0.2) is 35.0 Å². The first-order chi connectivity index (χ1) is 10.1. The molecular weight excluding hydrogens is 290 g/mol. The summed E-state index contributed by atoms with van der Waals surface area (Å²) < 4.78 is 0. The third kappa shape index (κ3) is 2.53. The van der Waals surface area contributed by atoms with Crippen molar-refractivity contribution in [1.82, 2.24) is 4.90 Å². The second kappa shape index (κ2) is 5.48. The number of rotatable bonds is 2. The predicted octanol–water partition coefficient (Wildman–Crippen LogP) is 2.44. The van der Waals surface area contributed by atoms with Gasteiger partial charge in [0.15, 0.2) is 11.6 Å². The van der Waals surface area contributed by atoms with E-state index in [2.05, 4.69) is 5.10 Å². The highest BCUT2D eigenvalue weighted by molar-refractivity contribution is 6.39. The Morgan fingerprint density at radius 2 is 2.00 bits per heavy atom. The fraction of sp³-hybridized carbons (Fsp3) is 0.400. The number of carbonyl (C=O) groups is 2. The Hall–Kier alpha value is -1.88. The molecule has 5 nitrogen and oxygen atoms in total. The summed E-state index contributed by atoms with van der Waals surface area (Å²) in [5, 5.41) is 6.21. The quantitative estimate of drug-likeness (QED) is 0.843. The standard InChI is InChI=1S/C15H16ClN3O2/c1-10(20)14-17-19(12-7-5-11(16)6-8-12)15(21)13-4-2-3-9-18(13)14/h5-8,13H,2-4,9H2,1H3. The summed E-state index contributed by atoms with van der Waals surface area (Å²) in [6.45, 7) is 2.20. The molecule has 21 heavy (non-hydrogen) atoms. The maximum absolute atomic E-state index is 12.6. The summed E-state index contributed by atoms with van der Waals surface area (Å²) in [4.78, 5) is 26.4. The van der Waals surface area contributed by atoms with Crippen LogP contribution in [0.15, 0.2) is 29.4 Å². The monoisotopic (exact) mass is 305 g/mol. The van der Waals surface area contributed by atoms with Crippen LogP contribution in [-0.2, 0) is 9.59 Å². The molecule has 1 amide bonds. The number of anilines is 1. The molecular formula is C15H16ClN3O2. The van der Waals surface area contributed by atoms with Crippen molar-refractivity contribution in [2.24, 2.45) is 5.10 Å². The Morgan fingerprint density at radius 1 is 1.29 bits per heavy atom. The van der Waals surface area contributed by atoms with Crippen LogP contribution in [0.5, 0.6) is 0 Å². The summed E-state index contributed by atoms with van der Waals surface area (Å²) in [6.07, 6.45) is 2.73. The Kier molecular flexibility index (Phi) is 3.68. The molecule has 0 spiro atoms. The van der Waals surface area contributed by atoms with E-state index in [1.54, 1.807) is 24.3 Å². The van der Waals surface area contributed by atoms with Crippen LogP contribution in [0.1, 0.15) is 26.2 Å². The number of hydrazone groups is 1. The lowest BCUT2D eigenvalue weighted by Gasteiger charge is -2.41. The van der Waals surface area contributed by atoms with Crippen molar-refractivity contribution in [1.29, 1.82) is 0 Å². The van der Waals surface area contributed by atoms with Crippen LogP contribution in [0, 0.1) is 0 Å². The Bertz CT molecular complexity index is 612. The zero-order valence-electron chi connectivity index (χ0n) is 11.8. The van der Waals surface area contributed by atoms with Crippen LogP contribution in [0.3, 0.4) is 0 Å². The minimum absolute atomic E-state index is 0.0815. The van der Waals surface area contributed by atoms with Gasteiger partial charge in [0, 0.05) is 18.5 Å². The average Bonchev–Trinajstić information content (AvgIpc) is 2.49. The molecule has 6 heteroatoms. The first-order valence-electron chi connectivity index (χ1n) is 7.03. The van der Waals surface area contributed by atoms with Gasteiger partial charge in [-0.25, -0.2) is 0 Å². The molecule has 3 rings (SSSR count). The van der Waals surface area contributed by atoms with Crippen LogP contribution >= 0.6 is 11.6 Å². The number of piperidine rings is 1. The normalized spacial score (nSPS) is 21.9. The topological polar surface area (TPSA) is 53.0 Å². The number of carbonyl (C=O) groups excluding carboxylic acids is 2. The van der Waals surface area contributed by atoms with Crippen molar-refractivity contribution in [3.63, 3.8) is 0 Å². The lowest BCUT2D eigenvalue weighted by Crippen LogP contribution is -2.58.